The number of carbonyl (C=O) groups excluding carboxylic acids is 3. The Morgan fingerprint density at radius 3 is 2.37 bits per heavy atom. The van der Waals surface area contributed by atoms with Gasteiger partial charge in [0.2, 0.25) is 0 Å². The first-order chi connectivity index (χ1) is 8.81. The van der Waals surface area contributed by atoms with E-state index in [1.54, 1.807) is 0 Å². The van der Waals surface area contributed by atoms with E-state index < -0.39 is 23.8 Å². The van der Waals surface area contributed by atoms with Gasteiger partial charge in [-0.15, -0.1) is 0 Å². The van der Waals surface area contributed by atoms with Crippen LogP contribution in [0.2, 0.25) is 10.0 Å². The van der Waals surface area contributed by atoms with E-state index in [9.17, 15) is 14.4 Å². The number of carbonyl (C=O) groups is 3. The quantitative estimate of drug-likeness (QED) is 0.483. The molecule has 0 amide bonds. The third kappa shape index (κ3) is 4.70. The summed E-state index contributed by atoms with van der Waals surface area (Å²) in [5.41, 5.74) is -0.157. The van der Waals surface area contributed by atoms with Gasteiger partial charge in [-0.3, -0.25) is 9.59 Å². The standard InChI is InChI=1S/C11H7Cl3O5/c1-5(15)18-4-9(16)19-10-7(11(14)17)2-6(12)3-8(10)13/h2-3H,4H2,1H3. The molecule has 102 valence electrons. The van der Waals surface area contributed by atoms with Gasteiger partial charge in [0.05, 0.1) is 10.6 Å². The van der Waals surface area contributed by atoms with Gasteiger partial charge in [0.25, 0.3) is 5.24 Å². The van der Waals surface area contributed by atoms with Crippen LogP contribution in [0.1, 0.15) is 17.3 Å². The molecular weight excluding hydrogens is 318 g/mol. The Labute approximate surface area is 123 Å². The maximum Gasteiger partial charge on any atom is 0.349 e. The fraction of sp³-hybridized carbons (Fsp3) is 0.182. The van der Waals surface area contributed by atoms with Crippen LogP contribution >= 0.6 is 34.8 Å². The van der Waals surface area contributed by atoms with E-state index in [0.29, 0.717) is 0 Å². The summed E-state index contributed by atoms with van der Waals surface area (Å²) < 4.78 is 9.27. The molecule has 0 atom stereocenters. The average molecular weight is 326 g/mol. The predicted molar refractivity (Wildman–Crippen MR) is 68.9 cm³/mol. The molecule has 0 saturated carbocycles. The van der Waals surface area contributed by atoms with Crippen molar-refractivity contribution in [2.75, 3.05) is 6.61 Å². The van der Waals surface area contributed by atoms with Gasteiger partial charge in [-0.05, 0) is 23.7 Å². The molecule has 0 aromatic heterocycles. The van der Waals surface area contributed by atoms with Gasteiger partial charge in [0.15, 0.2) is 12.4 Å². The lowest BCUT2D eigenvalue weighted by Gasteiger charge is -2.10. The first kappa shape index (κ1) is 15.8. The van der Waals surface area contributed by atoms with Crippen LogP contribution in [-0.4, -0.2) is 23.8 Å². The fourth-order valence-corrected chi connectivity index (χ4v) is 1.79. The first-order valence-corrected chi connectivity index (χ1v) is 5.97. The Bertz CT molecular complexity index is 541. The zero-order valence-electron chi connectivity index (χ0n) is 9.54. The number of ether oxygens (including phenoxy) is 2. The lowest BCUT2D eigenvalue weighted by atomic mass is 10.2. The number of hydrogen-bond acceptors (Lipinski definition) is 5. The summed E-state index contributed by atoms with van der Waals surface area (Å²) in [5.74, 6) is -1.78. The summed E-state index contributed by atoms with van der Waals surface area (Å²) >= 11 is 16.8. The molecule has 0 bridgehead atoms. The van der Waals surface area contributed by atoms with Crippen molar-refractivity contribution in [3.63, 3.8) is 0 Å². The van der Waals surface area contributed by atoms with Crippen LogP contribution in [0.4, 0.5) is 0 Å². The highest BCUT2D eigenvalue weighted by atomic mass is 35.5. The van der Waals surface area contributed by atoms with Crippen molar-refractivity contribution in [1.29, 1.82) is 0 Å². The molecule has 0 unspecified atom stereocenters. The lowest BCUT2D eigenvalue weighted by molar-refractivity contribution is -0.152. The molecule has 0 fully saturated rings. The molecule has 0 aliphatic carbocycles. The minimum Gasteiger partial charge on any atom is -0.454 e. The second kappa shape index (κ2) is 6.75. The minimum absolute atomic E-state index is 0.0623. The van der Waals surface area contributed by atoms with Gasteiger partial charge in [-0.1, -0.05) is 23.2 Å². The van der Waals surface area contributed by atoms with Gasteiger partial charge in [0.1, 0.15) is 0 Å². The summed E-state index contributed by atoms with van der Waals surface area (Å²) in [4.78, 5) is 33.1. The summed E-state index contributed by atoms with van der Waals surface area (Å²) in [5, 5.41) is -0.791. The summed E-state index contributed by atoms with van der Waals surface area (Å²) in [7, 11) is 0. The summed E-state index contributed by atoms with van der Waals surface area (Å²) in [6.07, 6.45) is 0. The molecule has 5 nitrogen and oxygen atoms in total. The van der Waals surface area contributed by atoms with Crippen LogP contribution in [0.3, 0.4) is 0 Å². The maximum absolute atomic E-state index is 11.4. The zero-order valence-corrected chi connectivity index (χ0v) is 11.8. The molecule has 1 rings (SSSR count). The second-order valence-corrected chi connectivity index (χ2v) is 4.48. The topological polar surface area (TPSA) is 69.7 Å². The molecular formula is C11H7Cl3O5. The second-order valence-electron chi connectivity index (χ2n) is 3.29. The maximum atomic E-state index is 11.4. The molecule has 0 radical (unpaired) electrons. The van der Waals surface area contributed by atoms with Crippen molar-refractivity contribution in [3.8, 4) is 5.75 Å². The zero-order chi connectivity index (χ0) is 14.6. The molecule has 0 aliphatic heterocycles. The Balaban J connectivity index is 2.97. The van der Waals surface area contributed by atoms with Crippen LogP contribution in [0.15, 0.2) is 12.1 Å². The number of halogens is 3. The predicted octanol–water partition coefficient (Wildman–Crippen LogP) is 2.84. The van der Waals surface area contributed by atoms with E-state index in [-0.39, 0.29) is 21.4 Å². The Morgan fingerprint density at radius 2 is 1.84 bits per heavy atom. The van der Waals surface area contributed by atoms with Crippen molar-refractivity contribution >= 4 is 52.0 Å². The number of hydrogen-bond donors (Lipinski definition) is 0. The fourth-order valence-electron chi connectivity index (χ4n) is 1.11. The molecule has 0 aliphatic rings. The van der Waals surface area contributed by atoms with Crippen LogP contribution < -0.4 is 4.74 Å². The Hall–Kier alpha value is -1.30. The first-order valence-electron chi connectivity index (χ1n) is 4.84. The molecule has 0 N–H and O–H groups in total. The lowest BCUT2D eigenvalue weighted by Crippen LogP contribution is -2.18. The third-order valence-corrected chi connectivity index (χ3v) is 2.53. The molecule has 0 spiro atoms. The average Bonchev–Trinajstić information content (AvgIpc) is 2.29. The van der Waals surface area contributed by atoms with Gasteiger partial charge < -0.3 is 9.47 Å². The van der Waals surface area contributed by atoms with Gasteiger partial charge >= 0.3 is 11.9 Å². The van der Waals surface area contributed by atoms with E-state index in [4.69, 9.17) is 39.5 Å². The van der Waals surface area contributed by atoms with E-state index >= 15 is 0 Å². The number of esters is 2. The van der Waals surface area contributed by atoms with Crippen molar-refractivity contribution < 1.29 is 23.9 Å². The largest absolute Gasteiger partial charge is 0.454 e. The van der Waals surface area contributed by atoms with Crippen molar-refractivity contribution in [3.05, 3.63) is 27.7 Å². The molecule has 1 aromatic carbocycles. The van der Waals surface area contributed by atoms with Crippen LogP contribution in [-0.2, 0) is 14.3 Å². The highest BCUT2D eigenvalue weighted by Crippen LogP contribution is 2.33. The van der Waals surface area contributed by atoms with Crippen LogP contribution in [0.25, 0.3) is 0 Å². The third-order valence-electron chi connectivity index (χ3n) is 1.83. The molecule has 8 heteroatoms. The monoisotopic (exact) mass is 324 g/mol. The summed E-state index contributed by atoms with van der Waals surface area (Å²) in [6.45, 7) is 0.528. The van der Waals surface area contributed by atoms with Crippen LogP contribution in [0, 0.1) is 0 Å². The van der Waals surface area contributed by atoms with Gasteiger partial charge in [-0.25, -0.2) is 4.79 Å². The van der Waals surface area contributed by atoms with E-state index in [2.05, 4.69) is 4.74 Å². The summed E-state index contributed by atoms with van der Waals surface area (Å²) in [6, 6.07) is 2.48. The Kier molecular flexibility index (Phi) is 5.60. The highest BCUT2D eigenvalue weighted by Gasteiger charge is 2.19. The molecule has 19 heavy (non-hydrogen) atoms. The molecule has 0 heterocycles. The van der Waals surface area contributed by atoms with Crippen LogP contribution in [0.5, 0.6) is 5.75 Å². The van der Waals surface area contributed by atoms with Crippen molar-refractivity contribution in [2.24, 2.45) is 0 Å². The normalized spacial score (nSPS) is 9.89. The highest BCUT2D eigenvalue weighted by molar-refractivity contribution is 6.68. The Morgan fingerprint density at radius 1 is 1.21 bits per heavy atom. The molecule has 0 saturated heterocycles. The number of benzene rings is 1. The van der Waals surface area contributed by atoms with Crippen molar-refractivity contribution in [1.82, 2.24) is 0 Å². The minimum atomic E-state index is -0.904. The van der Waals surface area contributed by atoms with E-state index in [1.807, 2.05) is 0 Å². The number of rotatable bonds is 4. The van der Waals surface area contributed by atoms with Gasteiger partial charge in [0, 0.05) is 11.9 Å². The van der Waals surface area contributed by atoms with Gasteiger partial charge in [-0.2, -0.15) is 0 Å². The molecule has 1 aromatic rings. The van der Waals surface area contributed by atoms with Crippen molar-refractivity contribution in [2.45, 2.75) is 6.92 Å². The smallest absolute Gasteiger partial charge is 0.349 e. The van der Waals surface area contributed by atoms with E-state index in [1.165, 1.54) is 12.1 Å². The van der Waals surface area contributed by atoms with E-state index in [0.717, 1.165) is 6.92 Å². The SMILES string of the molecule is CC(=O)OCC(=O)Oc1c(Cl)cc(Cl)cc1C(=O)Cl.